The maximum atomic E-state index is 5.81. The van der Waals surface area contributed by atoms with Crippen LogP contribution >= 0.6 is 0 Å². The fourth-order valence-electron chi connectivity index (χ4n) is 1.90. The second-order valence-electron chi connectivity index (χ2n) is 4.37. The average Bonchev–Trinajstić information content (AvgIpc) is 2.41. The predicted octanol–water partition coefficient (Wildman–Crippen LogP) is 5.03. The molecule has 0 amide bonds. The lowest BCUT2D eigenvalue weighted by Crippen LogP contribution is -1.88. The van der Waals surface area contributed by atoms with Crippen LogP contribution in [-0.2, 0) is 6.42 Å². The summed E-state index contributed by atoms with van der Waals surface area (Å²) < 4.78 is 5.81. The molecule has 2 aromatic rings. The van der Waals surface area contributed by atoms with E-state index in [2.05, 4.69) is 25.1 Å². The average molecular weight is 239 g/mol. The summed E-state index contributed by atoms with van der Waals surface area (Å²) in [6, 6.07) is 18.2. The zero-order valence-electron chi connectivity index (χ0n) is 10.6. The Balaban J connectivity index is 1.99. The van der Waals surface area contributed by atoms with Gasteiger partial charge in [-0.05, 0) is 42.7 Å². The summed E-state index contributed by atoms with van der Waals surface area (Å²) in [6.45, 7) is 3.87. The molecule has 0 bridgehead atoms. The van der Waals surface area contributed by atoms with E-state index in [0.29, 0.717) is 0 Å². The molecular formula is C17H19O. The Kier molecular flexibility index (Phi) is 4.83. The van der Waals surface area contributed by atoms with Gasteiger partial charge in [-0.15, -0.1) is 0 Å². The standard InChI is InChI=1S/C17H19O/c1-2-3-5-9-15-10-8-13-17(14-15)18-16-11-6-4-7-12-16/h4,6-8,10-14H,1-3,5,9H2. The van der Waals surface area contributed by atoms with Crippen molar-refractivity contribution in [3.8, 4) is 11.5 Å². The van der Waals surface area contributed by atoms with Crippen molar-refractivity contribution in [1.29, 1.82) is 0 Å². The van der Waals surface area contributed by atoms with Gasteiger partial charge in [0.15, 0.2) is 0 Å². The molecule has 0 aliphatic carbocycles. The number of para-hydroxylation sites is 1. The number of ether oxygens (including phenoxy) is 1. The Morgan fingerprint density at radius 3 is 2.39 bits per heavy atom. The monoisotopic (exact) mass is 239 g/mol. The van der Waals surface area contributed by atoms with E-state index in [1.54, 1.807) is 0 Å². The molecule has 1 radical (unpaired) electrons. The van der Waals surface area contributed by atoms with Crippen LogP contribution in [0.4, 0.5) is 0 Å². The lowest BCUT2D eigenvalue weighted by Gasteiger charge is -2.07. The number of benzene rings is 2. The van der Waals surface area contributed by atoms with Crippen LogP contribution in [0.5, 0.6) is 11.5 Å². The van der Waals surface area contributed by atoms with E-state index in [9.17, 15) is 0 Å². The van der Waals surface area contributed by atoms with Gasteiger partial charge in [-0.1, -0.05) is 50.1 Å². The van der Waals surface area contributed by atoms with Crippen molar-refractivity contribution < 1.29 is 4.74 Å². The summed E-state index contributed by atoms with van der Waals surface area (Å²) in [5.74, 6) is 1.79. The van der Waals surface area contributed by atoms with Crippen molar-refractivity contribution in [2.45, 2.75) is 25.7 Å². The first-order valence-electron chi connectivity index (χ1n) is 6.49. The number of hydrogen-bond acceptors (Lipinski definition) is 1. The first kappa shape index (κ1) is 12.7. The van der Waals surface area contributed by atoms with E-state index >= 15 is 0 Å². The molecule has 2 rings (SSSR count). The van der Waals surface area contributed by atoms with Crippen molar-refractivity contribution >= 4 is 0 Å². The molecule has 0 N–H and O–H groups in total. The summed E-state index contributed by atoms with van der Waals surface area (Å²) in [6.07, 6.45) is 4.49. The molecule has 0 heterocycles. The smallest absolute Gasteiger partial charge is 0.127 e. The summed E-state index contributed by atoms with van der Waals surface area (Å²) in [4.78, 5) is 0. The molecule has 0 aliphatic heterocycles. The lowest BCUT2D eigenvalue weighted by atomic mass is 10.1. The van der Waals surface area contributed by atoms with Crippen LogP contribution < -0.4 is 4.74 Å². The number of unbranched alkanes of at least 4 members (excludes halogenated alkanes) is 2. The van der Waals surface area contributed by atoms with Crippen LogP contribution in [0.1, 0.15) is 24.8 Å². The maximum Gasteiger partial charge on any atom is 0.127 e. The fraction of sp³-hybridized carbons (Fsp3) is 0.235. The van der Waals surface area contributed by atoms with E-state index in [4.69, 9.17) is 4.74 Å². The maximum absolute atomic E-state index is 5.81. The Morgan fingerprint density at radius 2 is 1.61 bits per heavy atom. The molecule has 0 fully saturated rings. The van der Waals surface area contributed by atoms with E-state index in [0.717, 1.165) is 24.3 Å². The summed E-state index contributed by atoms with van der Waals surface area (Å²) in [5, 5.41) is 0. The summed E-state index contributed by atoms with van der Waals surface area (Å²) in [5.41, 5.74) is 1.33. The minimum absolute atomic E-state index is 0.882. The van der Waals surface area contributed by atoms with E-state index in [1.165, 1.54) is 18.4 Å². The quantitative estimate of drug-likeness (QED) is 0.643. The highest BCUT2D eigenvalue weighted by atomic mass is 16.5. The molecule has 0 saturated carbocycles. The third-order valence-electron chi connectivity index (χ3n) is 2.84. The van der Waals surface area contributed by atoms with Gasteiger partial charge >= 0.3 is 0 Å². The van der Waals surface area contributed by atoms with Gasteiger partial charge in [-0.3, -0.25) is 0 Å². The highest BCUT2D eigenvalue weighted by molar-refractivity contribution is 5.33. The largest absolute Gasteiger partial charge is 0.457 e. The van der Waals surface area contributed by atoms with Crippen molar-refractivity contribution in [2.75, 3.05) is 0 Å². The normalized spacial score (nSPS) is 10.3. The second-order valence-corrected chi connectivity index (χ2v) is 4.37. The number of hydrogen-bond donors (Lipinski definition) is 0. The highest BCUT2D eigenvalue weighted by Crippen LogP contribution is 2.22. The zero-order chi connectivity index (χ0) is 12.6. The molecule has 0 saturated heterocycles. The predicted molar refractivity (Wildman–Crippen MR) is 75.9 cm³/mol. The molecular weight excluding hydrogens is 220 g/mol. The number of aryl methyl sites for hydroxylation is 1. The SMILES string of the molecule is [CH2]CCCCc1cccc(Oc2ccccc2)c1. The fourth-order valence-corrected chi connectivity index (χ4v) is 1.90. The van der Waals surface area contributed by atoms with Gasteiger partial charge in [0.2, 0.25) is 0 Å². The van der Waals surface area contributed by atoms with Crippen LogP contribution in [0.25, 0.3) is 0 Å². The minimum atomic E-state index is 0.882. The number of rotatable bonds is 6. The van der Waals surface area contributed by atoms with Crippen molar-refractivity contribution in [3.63, 3.8) is 0 Å². The Morgan fingerprint density at radius 1 is 0.833 bits per heavy atom. The molecule has 0 spiro atoms. The Bertz CT molecular complexity index is 462. The summed E-state index contributed by atoms with van der Waals surface area (Å²) >= 11 is 0. The second kappa shape index (κ2) is 6.85. The van der Waals surface area contributed by atoms with Gasteiger partial charge < -0.3 is 4.74 Å². The molecule has 0 aliphatic rings. The molecule has 2 aromatic carbocycles. The van der Waals surface area contributed by atoms with E-state index < -0.39 is 0 Å². The van der Waals surface area contributed by atoms with Crippen molar-refractivity contribution in [1.82, 2.24) is 0 Å². The van der Waals surface area contributed by atoms with Crippen molar-refractivity contribution in [2.24, 2.45) is 0 Å². The lowest BCUT2D eigenvalue weighted by molar-refractivity contribution is 0.482. The minimum Gasteiger partial charge on any atom is -0.457 e. The first-order valence-corrected chi connectivity index (χ1v) is 6.49. The van der Waals surface area contributed by atoms with Crippen LogP contribution in [-0.4, -0.2) is 0 Å². The molecule has 18 heavy (non-hydrogen) atoms. The Hall–Kier alpha value is -1.76. The third-order valence-corrected chi connectivity index (χ3v) is 2.84. The molecule has 93 valence electrons. The van der Waals surface area contributed by atoms with E-state index in [-0.39, 0.29) is 0 Å². The topological polar surface area (TPSA) is 9.23 Å². The van der Waals surface area contributed by atoms with Gasteiger partial charge in [0, 0.05) is 0 Å². The molecule has 0 aromatic heterocycles. The molecule has 1 nitrogen and oxygen atoms in total. The van der Waals surface area contributed by atoms with Gasteiger partial charge in [0.1, 0.15) is 11.5 Å². The van der Waals surface area contributed by atoms with Gasteiger partial charge in [-0.25, -0.2) is 0 Å². The van der Waals surface area contributed by atoms with Crippen LogP contribution in [0.3, 0.4) is 0 Å². The van der Waals surface area contributed by atoms with Gasteiger partial charge in [0.25, 0.3) is 0 Å². The zero-order valence-corrected chi connectivity index (χ0v) is 10.6. The third kappa shape index (κ3) is 3.92. The van der Waals surface area contributed by atoms with Gasteiger partial charge in [-0.2, -0.15) is 0 Å². The molecule has 0 atom stereocenters. The van der Waals surface area contributed by atoms with Crippen molar-refractivity contribution in [3.05, 3.63) is 67.1 Å². The molecule has 1 heteroatoms. The first-order chi connectivity index (χ1) is 8.88. The van der Waals surface area contributed by atoms with Crippen LogP contribution in [0.15, 0.2) is 54.6 Å². The van der Waals surface area contributed by atoms with Crippen LogP contribution in [0, 0.1) is 6.92 Å². The van der Waals surface area contributed by atoms with E-state index in [1.807, 2.05) is 36.4 Å². The molecule has 0 unspecified atom stereocenters. The summed E-state index contributed by atoms with van der Waals surface area (Å²) in [7, 11) is 0. The van der Waals surface area contributed by atoms with Gasteiger partial charge in [0.05, 0.1) is 0 Å². The Labute approximate surface area is 109 Å². The van der Waals surface area contributed by atoms with Crippen LogP contribution in [0.2, 0.25) is 0 Å². The highest BCUT2D eigenvalue weighted by Gasteiger charge is 1.98.